The summed E-state index contributed by atoms with van der Waals surface area (Å²) in [5, 5.41) is 0. The Morgan fingerprint density at radius 2 is 1.27 bits per heavy atom. The predicted octanol–water partition coefficient (Wildman–Crippen LogP) is 4.32. The van der Waals surface area contributed by atoms with E-state index < -0.39 is 0 Å². The van der Waals surface area contributed by atoms with Crippen molar-refractivity contribution >= 4 is 0 Å². The van der Waals surface area contributed by atoms with Crippen LogP contribution in [0.3, 0.4) is 0 Å². The van der Waals surface area contributed by atoms with Crippen LogP contribution < -0.4 is 0 Å². The van der Waals surface area contributed by atoms with E-state index in [4.69, 9.17) is 0 Å². The van der Waals surface area contributed by atoms with E-state index in [0.717, 1.165) is 18.0 Å². The highest BCUT2D eigenvalue weighted by atomic mass is 15.2. The van der Waals surface area contributed by atoms with Crippen molar-refractivity contribution < 1.29 is 0 Å². The van der Waals surface area contributed by atoms with E-state index in [2.05, 4.69) is 18.9 Å². The predicted molar refractivity (Wildman–Crippen MR) is 70.3 cm³/mol. The van der Waals surface area contributed by atoms with Gasteiger partial charge >= 0.3 is 0 Å². The van der Waals surface area contributed by atoms with Crippen molar-refractivity contribution in [2.45, 2.75) is 78.8 Å². The molecular formula is C14H31N. The minimum absolute atomic E-state index is 0.928. The molecule has 2 bridgehead atoms. The molecule has 92 valence electrons. The third kappa shape index (κ3) is 4.14. The van der Waals surface area contributed by atoms with Crippen LogP contribution in [0.25, 0.3) is 0 Å². The summed E-state index contributed by atoms with van der Waals surface area (Å²) in [5.74, 6) is 0.987. The first-order chi connectivity index (χ1) is 7.27. The van der Waals surface area contributed by atoms with Crippen LogP contribution in [0.5, 0.6) is 0 Å². The second-order valence-electron chi connectivity index (χ2n) is 4.48. The maximum atomic E-state index is 2.63. The largest absolute Gasteiger partial charge is 0.300 e. The molecule has 1 nitrogen and oxygen atoms in total. The first-order valence-corrected chi connectivity index (χ1v) is 6.99. The molecule has 0 N–H and O–H groups in total. The van der Waals surface area contributed by atoms with Crippen LogP contribution in [0.15, 0.2) is 0 Å². The van der Waals surface area contributed by atoms with Gasteiger partial charge in [-0.05, 0) is 38.6 Å². The van der Waals surface area contributed by atoms with E-state index in [1.165, 1.54) is 32.1 Å². The molecule has 0 saturated carbocycles. The van der Waals surface area contributed by atoms with Gasteiger partial charge in [-0.3, -0.25) is 0 Å². The zero-order valence-corrected chi connectivity index (χ0v) is 11.7. The SMILES string of the molecule is CC.CC.CC1CC2CCCC(C1)N2C. The lowest BCUT2D eigenvalue weighted by Crippen LogP contribution is -2.49. The number of fused-ring (bicyclic) bond motifs is 2. The Kier molecular flexibility index (Phi) is 8.13. The fourth-order valence-electron chi connectivity index (χ4n) is 2.89. The van der Waals surface area contributed by atoms with E-state index in [1.54, 1.807) is 0 Å². The van der Waals surface area contributed by atoms with Crippen LogP contribution in [0.4, 0.5) is 0 Å². The number of hydrogen-bond donors (Lipinski definition) is 0. The Hall–Kier alpha value is -0.0400. The Bertz CT molecular complexity index is 130. The molecule has 0 spiro atoms. The first-order valence-electron chi connectivity index (χ1n) is 6.99. The van der Waals surface area contributed by atoms with Gasteiger partial charge in [-0.2, -0.15) is 0 Å². The number of hydrogen-bond acceptors (Lipinski definition) is 1. The third-order valence-corrected chi connectivity index (χ3v) is 3.58. The summed E-state index contributed by atoms with van der Waals surface area (Å²) in [7, 11) is 2.32. The summed E-state index contributed by atoms with van der Waals surface area (Å²) in [6.07, 6.45) is 7.29. The summed E-state index contributed by atoms with van der Waals surface area (Å²) in [6, 6.07) is 1.86. The molecule has 15 heavy (non-hydrogen) atoms. The summed E-state index contributed by atoms with van der Waals surface area (Å²) in [4.78, 5) is 2.63. The van der Waals surface area contributed by atoms with Crippen LogP contribution >= 0.6 is 0 Å². The van der Waals surface area contributed by atoms with Gasteiger partial charge in [0.1, 0.15) is 0 Å². The lowest BCUT2D eigenvalue weighted by atomic mass is 9.80. The lowest BCUT2D eigenvalue weighted by molar-refractivity contribution is 0.0415. The van der Waals surface area contributed by atoms with Crippen molar-refractivity contribution in [3.8, 4) is 0 Å². The van der Waals surface area contributed by atoms with Crippen molar-refractivity contribution in [3.63, 3.8) is 0 Å². The van der Waals surface area contributed by atoms with E-state index in [0.29, 0.717) is 0 Å². The normalized spacial score (nSPS) is 34.4. The second-order valence-corrected chi connectivity index (χ2v) is 4.48. The van der Waals surface area contributed by atoms with Crippen LogP contribution in [0.1, 0.15) is 66.7 Å². The number of rotatable bonds is 0. The summed E-state index contributed by atoms with van der Waals surface area (Å²) in [5.41, 5.74) is 0. The van der Waals surface area contributed by atoms with E-state index in [1.807, 2.05) is 27.7 Å². The lowest BCUT2D eigenvalue weighted by Gasteiger charge is -2.46. The quantitative estimate of drug-likeness (QED) is 0.579. The minimum Gasteiger partial charge on any atom is -0.300 e. The average Bonchev–Trinajstić information content (AvgIpc) is 2.26. The van der Waals surface area contributed by atoms with E-state index in [-0.39, 0.29) is 0 Å². The third-order valence-electron chi connectivity index (χ3n) is 3.58. The van der Waals surface area contributed by atoms with E-state index >= 15 is 0 Å². The second kappa shape index (κ2) is 8.15. The smallest absolute Gasteiger partial charge is 0.00977 e. The molecular weight excluding hydrogens is 182 g/mol. The van der Waals surface area contributed by atoms with Gasteiger partial charge in [-0.25, -0.2) is 0 Å². The molecule has 2 saturated heterocycles. The molecule has 0 amide bonds. The topological polar surface area (TPSA) is 3.24 Å². The van der Waals surface area contributed by atoms with Gasteiger partial charge in [0.05, 0.1) is 0 Å². The Labute approximate surface area is 97.2 Å². The monoisotopic (exact) mass is 213 g/mol. The van der Waals surface area contributed by atoms with Crippen LogP contribution in [0, 0.1) is 5.92 Å². The van der Waals surface area contributed by atoms with Crippen LogP contribution in [-0.4, -0.2) is 24.0 Å². The highest BCUT2D eigenvalue weighted by Crippen LogP contribution is 2.35. The molecule has 0 aliphatic carbocycles. The Morgan fingerprint density at radius 1 is 0.867 bits per heavy atom. The van der Waals surface area contributed by atoms with Crippen molar-refractivity contribution in [2.24, 2.45) is 5.92 Å². The molecule has 2 fully saturated rings. The van der Waals surface area contributed by atoms with Crippen LogP contribution in [-0.2, 0) is 0 Å². The number of nitrogens with zero attached hydrogens (tertiary/aromatic N) is 1. The molecule has 1 heteroatoms. The molecule has 0 radical (unpaired) electrons. The fraction of sp³-hybridized carbons (Fsp3) is 1.00. The zero-order valence-electron chi connectivity index (χ0n) is 11.7. The zero-order chi connectivity index (χ0) is 11.8. The molecule has 2 heterocycles. The summed E-state index contributed by atoms with van der Waals surface area (Å²) >= 11 is 0. The van der Waals surface area contributed by atoms with Crippen molar-refractivity contribution in [1.29, 1.82) is 0 Å². The fourth-order valence-corrected chi connectivity index (χ4v) is 2.89. The molecule has 2 rings (SSSR count). The molecule has 0 aromatic rings. The first kappa shape index (κ1) is 15.0. The van der Waals surface area contributed by atoms with E-state index in [9.17, 15) is 0 Å². The highest BCUT2D eigenvalue weighted by molar-refractivity contribution is 4.89. The molecule has 2 atom stereocenters. The summed E-state index contributed by atoms with van der Waals surface area (Å²) in [6.45, 7) is 10.4. The maximum absolute atomic E-state index is 2.63. The van der Waals surface area contributed by atoms with Gasteiger partial charge in [0.2, 0.25) is 0 Å². The minimum atomic E-state index is 0.928. The van der Waals surface area contributed by atoms with Gasteiger partial charge in [-0.1, -0.05) is 41.0 Å². The van der Waals surface area contributed by atoms with Gasteiger partial charge in [0, 0.05) is 12.1 Å². The standard InChI is InChI=1S/C10H19N.2C2H6/c1-8-6-9-4-3-5-10(7-8)11(9)2;2*1-2/h8-10H,3-7H2,1-2H3;2*1-2H3. The molecule has 2 aliphatic heterocycles. The molecule has 2 aliphatic rings. The maximum Gasteiger partial charge on any atom is 0.00977 e. The Balaban J connectivity index is 0.000000442. The molecule has 0 aromatic heterocycles. The molecule has 0 aromatic carbocycles. The molecule has 2 unspecified atom stereocenters. The summed E-state index contributed by atoms with van der Waals surface area (Å²) < 4.78 is 0. The average molecular weight is 213 g/mol. The van der Waals surface area contributed by atoms with Crippen molar-refractivity contribution in [3.05, 3.63) is 0 Å². The van der Waals surface area contributed by atoms with Gasteiger partial charge in [0.15, 0.2) is 0 Å². The van der Waals surface area contributed by atoms with Gasteiger partial charge in [-0.15, -0.1) is 0 Å². The van der Waals surface area contributed by atoms with Crippen LogP contribution in [0.2, 0.25) is 0 Å². The highest BCUT2D eigenvalue weighted by Gasteiger charge is 2.33. The van der Waals surface area contributed by atoms with Gasteiger partial charge in [0.25, 0.3) is 0 Å². The number of piperidine rings is 2. The Morgan fingerprint density at radius 3 is 1.67 bits per heavy atom. The van der Waals surface area contributed by atoms with Crippen molar-refractivity contribution in [1.82, 2.24) is 4.90 Å². The van der Waals surface area contributed by atoms with Crippen molar-refractivity contribution in [2.75, 3.05) is 7.05 Å². The van der Waals surface area contributed by atoms with Gasteiger partial charge < -0.3 is 4.90 Å².